The van der Waals surface area contributed by atoms with Gasteiger partial charge in [-0.1, -0.05) is 13.8 Å². The summed E-state index contributed by atoms with van der Waals surface area (Å²) in [5.74, 6) is 1.65. The van der Waals surface area contributed by atoms with Crippen LogP contribution in [0.25, 0.3) is 0 Å². The maximum absolute atomic E-state index is 5.80. The molecule has 1 heterocycles. The predicted molar refractivity (Wildman–Crippen MR) is 80.7 cm³/mol. The lowest BCUT2D eigenvalue weighted by molar-refractivity contribution is -0.0262. The molecule has 1 saturated heterocycles. The van der Waals surface area contributed by atoms with E-state index in [0.717, 1.165) is 45.3 Å². The first-order valence-corrected chi connectivity index (χ1v) is 7.32. The number of guanidine groups is 1. The van der Waals surface area contributed by atoms with Crippen LogP contribution in [0.15, 0.2) is 4.99 Å². The van der Waals surface area contributed by atoms with Crippen LogP contribution in [0.2, 0.25) is 0 Å². The zero-order valence-electron chi connectivity index (χ0n) is 13.1. The Hall–Kier alpha value is -0.810. The number of hydrogen-bond acceptors (Lipinski definition) is 3. The lowest BCUT2D eigenvalue weighted by Crippen LogP contribution is -2.45. The van der Waals surface area contributed by atoms with E-state index in [1.54, 1.807) is 0 Å². The smallest absolute Gasteiger partial charge is 0.193 e. The van der Waals surface area contributed by atoms with E-state index in [1.165, 1.54) is 0 Å². The predicted octanol–water partition coefficient (Wildman–Crippen LogP) is 0.870. The van der Waals surface area contributed by atoms with E-state index in [0.29, 0.717) is 5.92 Å². The van der Waals surface area contributed by atoms with Gasteiger partial charge in [0.05, 0.1) is 19.3 Å². The maximum atomic E-state index is 5.80. The summed E-state index contributed by atoms with van der Waals surface area (Å²) in [6.45, 7) is 12.2. The lowest BCUT2D eigenvalue weighted by Gasteiger charge is -2.33. The third-order valence-corrected chi connectivity index (χ3v) is 3.05. The zero-order valence-corrected chi connectivity index (χ0v) is 13.1. The van der Waals surface area contributed by atoms with Gasteiger partial charge in [-0.15, -0.1) is 0 Å². The molecule has 0 amide bonds. The summed E-state index contributed by atoms with van der Waals surface area (Å²) < 4.78 is 5.80. The van der Waals surface area contributed by atoms with Gasteiger partial charge in [0.25, 0.3) is 0 Å². The monoisotopic (exact) mass is 270 g/mol. The first-order valence-electron chi connectivity index (χ1n) is 7.32. The minimum Gasteiger partial charge on any atom is -0.374 e. The van der Waals surface area contributed by atoms with E-state index in [1.807, 2.05) is 19.0 Å². The van der Waals surface area contributed by atoms with Gasteiger partial charge in [-0.2, -0.15) is 0 Å². The summed E-state index contributed by atoms with van der Waals surface area (Å²) in [5.41, 5.74) is 0. The lowest BCUT2D eigenvalue weighted by atomic mass is 10.2. The third-order valence-electron chi connectivity index (χ3n) is 3.05. The highest BCUT2D eigenvalue weighted by Crippen LogP contribution is 2.08. The number of morpholine rings is 1. The van der Waals surface area contributed by atoms with Crippen LogP contribution in [0.4, 0.5) is 0 Å². The van der Waals surface area contributed by atoms with Crippen LogP contribution in [-0.4, -0.2) is 75.3 Å². The first-order chi connectivity index (χ1) is 9.02. The van der Waals surface area contributed by atoms with E-state index in [4.69, 9.17) is 4.74 Å². The molecule has 0 saturated carbocycles. The molecular weight excluding hydrogens is 240 g/mol. The Morgan fingerprint density at radius 1 is 1.47 bits per heavy atom. The molecule has 112 valence electrons. The molecule has 0 aromatic carbocycles. The Kier molecular flexibility index (Phi) is 7.16. The van der Waals surface area contributed by atoms with E-state index in [2.05, 4.69) is 36.0 Å². The maximum Gasteiger partial charge on any atom is 0.193 e. The summed E-state index contributed by atoms with van der Waals surface area (Å²) in [6, 6.07) is 0. The van der Waals surface area contributed by atoms with E-state index in [9.17, 15) is 0 Å². The molecule has 0 aromatic rings. The number of ether oxygens (including phenoxy) is 1. The van der Waals surface area contributed by atoms with Crippen LogP contribution in [0, 0.1) is 5.92 Å². The Labute approximate surface area is 118 Å². The van der Waals surface area contributed by atoms with Gasteiger partial charge in [0.2, 0.25) is 0 Å². The van der Waals surface area contributed by atoms with Crippen molar-refractivity contribution in [2.45, 2.75) is 26.9 Å². The molecule has 1 rings (SSSR count). The normalized spacial score (nSPS) is 21.8. The van der Waals surface area contributed by atoms with Crippen molar-refractivity contribution in [3.8, 4) is 0 Å². The molecule has 0 spiro atoms. The average molecular weight is 270 g/mol. The van der Waals surface area contributed by atoms with Crippen LogP contribution in [0.5, 0.6) is 0 Å². The molecule has 1 aliphatic heterocycles. The minimum atomic E-state index is 0.223. The van der Waals surface area contributed by atoms with Gasteiger partial charge in [0, 0.05) is 40.3 Å². The van der Waals surface area contributed by atoms with E-state index in [-0.39, 0.29) is 6.10 Å². The summed E-state index contributed by atoms with van der Waals surface area (Å²) in [6.07, 6.45) is 0.223. The topological polar surface area (TPSA) is 40.1 Å². The fourth-order valence-electron chi connectivity index (χ4n) is 2.27. The van der Waals surface area contributed by atoms with Gasteiger partial charge >= 0.3 is 0 Å². The molecule has 1 atom stereocenters. The molecule has 5 heteroatoms. The first kappa shape index (κ1) is 16.2. The quantitative estimate of drug-likeness (QED) is 0.594. The summed E-state index contributed by atoms with van der Waals surface area (Å²) in [7, 11) is 4.02. The largest absolute Gasteiger partial charge is 0.374 e. The zero-order chi connectivity index (χ0) is 14.3. The Morgan fingerprint density at radius 2 is 2.21 bits per heavy atom. The second-order valence-corrected chi connectivity index (χ2v) is 5.74. The molecule has 0 aromatic heterocycles. The van der Waals surface area contributed by atoms with Crippen molar-refractivity contribution in [1.29, 1.82) is 0 Å². The van der Waals surface area contributed by atoms with Gasteiger partial charge in [-0.05, 0) is 12.8 Å². The summed E-state index contributed by atoms with van der Waals surface area (Å²) in [5, 5.41) is 3.27. The van der Waals surface area contributed by atoms with Crippen molar-refractivity contribution in [3.05, 3.63) is 0 Å². The molecule has 1 unspecified atom stereocenters. The van der Waals surface area contributed by atoms with Gasteiger partial charge in [0.15, 0.2) is 5.96 Å². The van der Waals surface area contributed by atoms with Crippen LogP contribution in [0.1, 0.15) is 20.8 Å². The molecule has 0 aliphatic carbocycles. The summed E-state index contributed by atoms with van der Waals surface area (Å²) in [4.78, 5) is 9.13. The highest BCUT2D eigenvalue weighted by Gasteiger charge is 2.20. The van der Waals surface area contributed by atoms with Crippen molar-refractivity contribution in [2.24, 2.45) is 10.9 Å². The fraction of sp³-hybridized carbons (Fsp3) is 0.929. The van der Waals surface area contributed by atoms with Gasteiger partial charge < -0.3 is 15.0 Å². The molecule has 0 radical (unpaired) electrons. The van der Waals surface area contributed by atoms with Crippen LogP contribution in [-0.2, 0) is 4.74 Å². The fourth-order valence-corrected chi connectivity index (χ4v) is 2.27. The molecule has 0 bridgehead atoms. The highest BCUT2D eigenvalue weighted by atomic mass is 16.5. The molecule has 19 heavy (non-hydrogen) atoms. The van der Waals surface area contributed by atoms with Gasteiger partial charge in [0.1, 0.15) is 0 Å². The second-order valence-electron chi connectivity index (χ2n) is 5.74. The number of nitrogens with one attached hydrogen (secondary N) is 1. The molecule has 1 aliphatic rings. The Morgan fingerprint density at radius 3 is 2.79 bits per heavy atom. The van der Waals surface area contributed by atoms with Gasteiger partial charge in [-0.3, -0.25) is 9.89 Å². The van der Waals surface area contributed by atoms with E-state index < -0.39 is 0 Å². The number of nitrogens with zero attached hydrogens (tertiary/aromatic N) is 3. The average Bonchev–Trinajstić information content (AvgIpc) is 2.33. The van der Waals surface area contributed by atoms with Crippen molar-refractivity contribution >= 4 is 5.96 Å². The van der Waals surface area contributed by atoms with Crippen molar-refractivity contribution < 1.29 is 4.74 Å². The molecule has 1 fully saturated rings. The van der Waals surface area contributed by atoms with Crippen molar-refractivity contribution in [3.63, 3.8) is 0 Å². The van der Waals surface area contributed by atoms with Gasteiger partial charge in [-0.25, -0.2) is 0 Å². The van der Waals surface area contributed by atoms with Crippen molar-refractivity contribution in [2.75, 3.05) is 53.4 Å². The minimum absolute atomic E-state index is 0.223. The Balaban J connectivity index is 2.44. The highest BCUT2D eigenvalue weighted by molar-refractivity contribution is 5.79. The van der Waals surface area contributed by atoms with Crippen LogP contribution >= 0.6 is 0 Å². The standard InChI is InChI=1S/C14H30N4O/c1-6-15-14(17(4)5)16-9-13-11-18(7-8-19-13)10-12(2)3/h12-13H,6-11H2,1-5H3,(H,15,16). The SMILES string of the molecule is CCNC(=NCC1CN(CC(C)C)CCO1)N(C)C. The number of aliphatic imine (C=N–C) groups is 1. The number of hydrogen-bond donors (Lipinski definition) is 1. The summed E-state index contributed by atoms with van der Waals surface area (Å²) >= 11 is 0. The molecule has 1 N–H and O–H groups in total. The molecular formula is C14H30N4O. The second kappa shape index (κ2) is 8.38. The number of rotatable bonds is 5. The van der Waals surface area contributed by atoms with E-state index >= 15 is 0 Å². The third kappa shape index (κ3) is 6.25. The molecule has 5 nitrogen and oxygen atoms in total. The van der Waals surface area contributed by atoms with Crippen molar-refractivity contribution in [1.82, 2.24) is 15.1 Å². The van der Waals surface area contributed by atoms with Crippen LogP contribution < -0.4 is 5.32 Å². The Bertz CT molecular complexity index is 279. The van der Waals surface area contributed by atoms with Crippen LogP contribution in [0.3, 0.4) is 0 Å².